The van der Waals surface area contributed by atoms with Crippen LogP contribution in [0.4, 0.5) is 0 Å². The Hall–Kier alpha value is -1.78. The largest absolute Gasteiger partial charge is 0.472 e. The summed E-state index contributed by atoms with van der Waals surface area (Å²) in [6, 6.07) is 1.88. The van der Waals surface area contributed by atoms with E-state index in [2.05, 4.69) is 20.8 Å². The van der Waals surface area contributed by atoms with Crippen molar-refractivity contribution in [1.29, 1.82) is 0 Å². The third-order valence-electron chi connectivity index (χ3n) is 8.00. The van der Waals surface area contributed by atoms with Crippen molar-refractivity contribution >= 4 is 11.9 Å². The van der Waals surface area contributed by atoms with Crippen LogP contribution in [0.2, 0.25) is 0 Å². The molecule has 3 aliphatic rings. The fourth-order valence-electron chi connectivity index (χ4n) is 6.57. The molecule has 4 rings (SSSR count). The van der Waals surface area contributed by atoms with Crippen LogP contribution >= 0.6 is 0 Å². The van der Waals surface area contributed by atoms with Crippen molar-refractivity contribution in [2.24, 2.45) is 34.5 Å². The summed E-state index contributed by atoms with van der Waals surface area (Å²) in [5, 5.41) is 0. The van der Waals surface area contributed by atoms with Gasteiger partial charge in [0.15, 0.2) is 0 Å². The SMILES string of the molecule is COC(=O)[C@@H]1C[C@H](C)C[C@H]2[C@@]1(C)CC[C@H]1C(=O)O[C@H](c3ccoc3)C[C@]21C. The first-order valence-corrected chi connectivity index (χ1v) is 10.1. The van der Waals surface area contributed by atoms with Gasteiger partial charge in [0, 0.05) is 5.56 Å². The first kappa shape index (κ1) is 18.6. The third kappa shape index (κ3) is 2.73. The summed E-state index contributed by atoms with van der Waals surface area (Å²) >= 11 is 0. The van der Waals surface area contributed by atoms with E-state index < -0.39 is 0 Å². The maximum atomic E-state index is 12.9. The second-order valence-corrected chi connectivity index (χ2v) is 9.49. The number of rotatable bonds is 2. The van der Waals surface area contributed by atoms with E-state index in [0.29, 0.717) is 11.8 Å². The van der Waals surface area contributed by atoms with E-state index in [0.717, 1.165) is 37.7 Å². The number of cyclic esters (lactones) is 1. The highest BCUT2D eigenvalue weighted by atomic mass is 16.5. The van der Waals surface area contributed by atoms with Crippen molar-refractivity contribution in [3.05, 3.63) is 24.2 Å². The Balaban J connectivity index is 1.73. The predicted molar refractivity (Wildman–Crippen MR) is 98.5 cm³/mol. The van der Waals surface area contributed by atoms with Crippen LogP contribution in [0.15, 0.2) is 23.0 Å². The second kappa shape index (κ2) is 6.39. The van der Waals surface area contributed by atoms with Gasteiger partial charge in [-0.15, -0.1) is 0 Å². The lowest BCUT2D eigenvalue weighted by Gasteiger charge is -2.62. The Morgan fingerprint density at radius 3 is 2.70 bits per heavy atom. The Labute approximate surface area is 160 Å². The van der Waals surface area contributed by atoms with Crippen LogP contribution in [0, 0.1) is 34.5 Å². The number of hydrogen-bond donors (Lipinski definition) is 0. The molecule has 3 fully saturated rings. The van der Waals surface area contributed by atoms with Crippen LogP contribution in [0.1, 0.15) is 64.5 Å². The summed E-state index contributed by atoms with van der Waals surface area (Å²) in [5.74, 6) is 0.347. The van der Waals surface area contributed by atoms with Crippen molar-refractivity contribution < 1.29 is 23.5 Å². The van der Waals surface area contributed by atoms with Gasteiger partial charge in [0.2, 0.25) is 0 Å². The molecule has 2 heterocycles. The second-order valence-electron chi connectivity index (χ2n) is 9.49. The van der Waals surface area contributed by atoms with E-state index in [1.54, 1.807) is 12.5 Å². The smallest absolute Gasteiger partial charge is 0.310 e. The number of hydrogen-bond acceptors (Lipinski definition) is 5. The van der Waals surface area contributed by atoms with Crippen molar-refractivity contribution in [2.45, 2.75) is 59.0 Å². The maximum Gasteiger partial charge on any atom is 0.310 e. The molecule has 2 aliphatic carbocycles. The summed E-state index contributed by atoms with van der Waals surface area (Å²) in [4.78, 5) is 25.6. The van der Waals surface area contributed by atoms with E-state index in [1.165, 1.54) is 7.11 Å². The van der Waals surface area contributed by atoms with Gasteiger partial charge in [-0.25, -0.2) is 0 Å². The lowest BCUT2D eigenvalue weighted by Crippen LogP contribution is -2.59. The minimum absolute atomic E-state index is 0.0927. The molecule has 1 aromatic rings. The van der Waals surface area contributed by atoms with Gasteiger partial charge in [-0.05, 0) is 60.8 Å². The first-order chi connectivity index (χ1) is 12.8. The highest BCUT2D eigenvalue weighted by Crippen LogP contribution is 2.66. The van der Waals surface area contributed by atoms with Crippen LogP contribution in [0.3, 0.4) is 0 Å². The number of carbonyl (C=O) groups is 2. The molecule has 1 saturated heterocycles. The van der Waals surface area contributed by atoms with Crippen LogP contribution in [-0.2, 0) is 19.1 Å². The van der Waals surface area contributed by atoms with E-state index in [9.17, 15) is 9.59 Å². The molecule has 27 heavy (non-hydrogen) atoms. The number of ether oxygens (including phenoxy) is 2. The number of furan rings is 1. The zero-order chi connectivity index (χ0) is 19.4. The van der Waals surface area contributed by atoms with Gasteiger partial charge in [0.05, 0.1) is 31.5 Å². The van der Waals surface area contributed by atoms with Gasteiger partial charge >= 0.3 is 11.9 Å². The molecule has 2 saturated carbocycles. The highest BCUT2D eigenvalue weighted by Gasteiger charge is 2.63. The molecule has 7 atom stereocenters. The summed E-state index contributed by atoms with van der Waals surface area (Å²) in [7, 11) is 1.49. The zero-order valence-electron chi connectivity index (χ0n) is 16.7. The van der Waals surface area contributed by atoms with Crippen LogP contribution < -0.4 is 0 Å². The van der Waals surface area contributed by atoms with Gasteiger partial charge in [0.25, 0.3) is 0 Å². The summed E-state index contributed by atoms with van der Waals surface area (Å²) < 4.78 is 16.2. The summed E-state index contributed by atoms with van der Waals surface area (Å²) in [6.07, 6.45) is 7.37. The Morgan fingerprint density at radius 2 is 2.04 bits per heavy atom. The maximum absolute atomic E-state index is 12.9. The first-order valence-electron chi connectivity index (χ1n) is 10.1. The minimum Gasteiger partial charge on any atom is -0.472 e. The molecule has 0 N–H and O–H groups in total. The molecule has 1 aliphatic heterocycles. The molecule has 0 unspecified atom stereocenters. The van der Waals surface area contributed by atoms with Crippen molar-refractivity contribution in [3.8, 4) is 0 Å². The molecule has 5 nitrogen and oxygen atoms in total. The fraction of sp³-hybridized carbons (Fsp3) is 0.727. The average Bonchev–Trinajstić information content (AvgIpc) is 3.16. The van der Waals surface area contributed by atoms with Gasteiger partial charge in [-0.1, -0.05) is 20.8 Å². The molecular weight excluding hydrogens is 344 g/mol. The van der Waals surface area contributed by atoms with E-state index in [4.69, 9.17) is 13.9 Å². The molecule has 0 radical (unpaired) electrons. The molecule has 0 bridgehead atoms. The van der Waals surface area contributed by atoms with Crippen LogP contribution in [0.5, 0.6) is 0 Å². The Morgan fingerprint density at radius 1 is 1.26 bits per heavy atom. The molecule has 0 amide bonds. The topological polar surface area (TPSA) is 65.7 Å². The normalized spacial score (nSPS) is 44.0. The van der Waals surface area contributed by atoms with Crippen LogP contribution in [-0.4, -0.2) is 19.0 Å². The molecule has 1 aromatic heterocycles. The number of methoxy groups -OCH3 is 1. The fourth-order valence-corrected chi connectivity index (χ4v) is 6.57. The molecule has 0 aromatic carbocycles. The third-order valence-corrected chi connectivity index (χ3v) is 8.00. The van der Waals surface area contributed by atoms with Gasteiger partial charge in [-0.3, -0.25) is 9.59 Å². The van der Waals surface area contributed by atoms with Crippen molar-refractivity contribution in [3.63, 3.8) is 0 Å². The standard InChI is InChI=1S/C22H30O5/c1-13-9-16(19(23)25-4)21(2)7-5-15-20(24)27-17(14-6-8-26-12-14)11-22(15,3)18(21)10-13/h6,8,12-13,15-18H,5,7,9-11H2,1-4H3/t13-,15-,16-,17-,18-,21-,22-/m0/s1. The number of fused-ring (bicyclic) bond motifs is 3. The van der Waals surface area contributed by atoms with E-state index in [1.807, 2.05) is 6.07 Å². The van der Waals surface area contributed by atoms with E-state index >= 15 is 0 Å². The van der Waals surface area contributed by atoms with Crippen molar-refractivity contribution in [1.82, 2.24) is 0 Å². The Bertz CT molecular complexity index is 725. The van der Waals surface area contributed by atoms with E-state index in [-0.39, 0.29) is 40.7 Å². The quantitative estimate of drug-likeness (QED) is 0.712. The zero-order valence-corrected chi connectivity index (χ0v) is 16.7. The number of carbonyl (C=O) groups excluding carboxylic acids is 2. The highest BCUT2D eigenvalue weighted by molar-refractivity contribution is 5.76. The Kier molecular flexibility index (Phi) is 4.39. The number of esters is 2. The van der Waals surface area contributed by atoms with Gasteiger partial charge in [-0.2, -0.15) is 0 Å². The lowest BCUT2D eigenvalue weighted by atomic mass is 9.42. The predicted octanol–water partition coefficient (Wildman–Crippen LogP) is 4.53. The molecule has 148 valence electrons. The van der Waals surface area contributed by atoms with Gasteiger partial charge in [0.1, 0.15) is 6.10 Å². The summed E-state index contributed by atoms with van der Waals surface area (Å²) in [6.45, 7) is 6.72. The summed E-state index contributed by atoms with van der Waals surface area (Å²) in [5.41, 5.74) is 0.595. The molecule has 5 heteroatoms. The monoisotopic (exact) mass is 374 g/mol. The van der Waals surface area contributed by atoms with Crippen molar-refractivity contribution in [2.75, 3.05) is 7.11 Å². The minimum atomic E-state index is -0.270. The average molecular weight is 374 g/mol. The molecular formula is C22H30O5. The molecule has 0 spiro atoms. The van der Waals surface area contributed by atoms with Gasteiger partial charge < -0.3 is 13.9 Å². The lowest BCUT2D eigenvalue weighted by molar-refractivity contribution is -0.206. The van der Waals surface area contributed by atoms with Crippen LogP contribution in [0.25, 0.3) is 0 Å².